The number of halogens is 1. The van der Waals surface area contributed by atoms with E-state index in [1.807, 2.05) is 12.1 Å². The first-order chi connectivity index (χ1) is 10.6. The Morgan fingerprint density at radius 3 is 1.77 bits per heavy atom. The van der Waals surface area contributed by atoms with E-state index in [-0.39, 0.29) is 30.8 Å². The van der Waals surface area contributed by atoms with Crippen LogP contribution in [0.15, 0.2) is 48.5 Å². The highest BCUT2D eigenvalue weighted by Crippen LogP contribution is 2.11. The molecule has 0 amide bonds. The van der Waals surface area contributed by atoms with Gasteiger partial charge in [0.05, 0.1) is 6.42 Å². The molecule has 0 radical (unpaired) electrons. The molecule has 2 aromatic rings. The Labute approximate surface area is 135 Å². The zero-order valence-electron chi connectivity index (χ0n) is 12.0. The molecule has 22 heavy (non-hydrogen) atoms. The molecule has 2 nitrogen and oxygen atoms in total. The van der Waals surface area contributed by atoms with Crippen molar-refractivity contribution in [2.24, 2.45) is 0 Å². The van der Waals surface area contributed by atoms with Gasteiger partial charge < -0.3 is 0 Å². The largest absolute Gasteiger partial charge is 0.299 e. The summed E-state index contributed by atoms with van der Waals surface area (Å²) in [5.41, 5.74) is 2.50. The van der Waals surface area contributed by atoms with Gasteiger partial charge in [-0.2, -0.15) is 0 Å². The van der Waals surface area contributed by atoms with E-state index in [9.17, 15) is 9.59 Å². The molecule has 0 aromatic heterocycles. The molecule has 0 aliphatic heterocycles. The van der Waals surface area contributed by atoms with Crippen molar-refractivity contribution in [2.45, 2.75) is 19.3 Å². The van der Waals surface area contributed by atoms with E-state index in [4.69, 9.17) is 18.0 Å². The lowest BCUT2D eigenvalue weighted by Crippen LogP contribution is -2.12. The van der Waals surface area contributed by atoms with Gasteiger partial charge in [-0.25, -0.2) is 0 Å². The number of hydrogen-bond donors (Lipinski definition) is 0. The smallest absolute Gasteiger partial charge is 0.144 e. The molecule has 110 valence electrons. The molecule has 2 aromatic carbocycles. The van der Waals surface area contributed by atoms with E-state index in [0.717, 1.165) is 16.7 Å². The zero-order valence-corrected chi connectivity index (χ0v) is 12.8. The molecule has 0 N–H and O–H groups in total. The van der Waals surface area contributed by atoms with E-state index in [2.05, 4.69) is 5.92 Å². The van der Waals surface area contributed by atoms with Crippen LogP contribution in [0.25, 0.3) is 0 Å². The van der Waals surface area contributed by atoms with Crippen LogP contribution in [0.2, 0.25) is 5.02 Å². The molecule has 0 spiro atoms. The van der Waals surface area contributed by atoms with Crippen molar-refractivity contribution < 1.29 is 9.59 Å². The highest BCUT2D eigenvalue weighted by molar-refractivity contribution is 6.30. The van der Waals surface area contributed by atoms with Gasteiger partial charge in [0.1, 0.15) is 11.6 Å². The minimum Gasteiger partial charge on any atom is -0.299 e. The lowest BCUT2D eigenvalue weighted by atomic mass is 10.0. The van der Waals surface area contributed by atoms with Gasteiger partial charge in [0.15, 0.2) is 0 Å². The van der Waals surface area contributed by atoms with Crippen molar-refractivity contribution in [3.05, 3.63) is 70.2 Å². The van der Waals surface area contributed by atoms with Crippen LogP contribution in [0, 0.1) is 12.3 Å². The Kier molecular flexibility index (Phi) is 5.52. The fraction of sp³-hybridized carbons (Fsp3) is 0.158. The van der Waals surface area contributed by atoms with Crippen LogP contribution in [0.3, 0.4) is 0 Å². The van der Waals surface area contributed by atoms with Crippen molar-refractivity contribution in [3.63, 3.8) is 0 Å². The number of benzene rings is 2. The summed E-state index contributed by atoms with van der Waals surface area (Å²) in [4.78, 5) is 23.9. The summed E-state index contributed by atoms with van der Waals surface area (Å²) in [6.45, 7) is 0. The van der Waals surface area contributed by atoms with Gasteiger partial charge >= 0.3 is 0 Å². The summed E-state index contributed by atoms with van der Waals surface area (Å²) in [6, 6.07) is 14.3. The molecule has 0 saturated heterocycles. The Balaban J connectivity index is 1.86. The number of rotatable bonds is 6. The van der Waals surface area contributed by atoms with Gasteiger partial charge in [-0.3, -0.25) is 9.59 Å². The monoisotopic (exact) mass is 310 g/mol. The summed E-state index contributed by atoms with van der Waals surface area (Å²) < 4.78 is 0. The maximum atomic E-state index is 11.9. The molecular weight excluding hydrogens is 296 g/mol. The van der Waals surface area contributed by atoms with Crippen LogP contribution in [-0.4, -0.2) is 11.6 Å². The number of ketones is 2. The van der Waals surface area contributed by atoms with Gasteiger partial charge in [-0.1, -0.05) is 41.8 Å². The van der Waals surface area contributed by atoms with Crippen molar-refractivity contribution in [3.8, 4) is 12.3 Å². The molecule has 0 heterocycles. The van der Waals surface area contributed by atoms with Gasteiger partial charge in [0.2, 0.25) is 0 Å². The predicted molar refractivity (Wildman–Crippen MR) is 87.9 cm³/mol. The number of carbonyl (C=O) groups excluding carboxylic acids is 2. The Bertz CT molecular complexity index is 707. The van der Waals surface area contributed by atoms with Crippen LogP contribution in [-0.2, 0) is 22.4 Å². The lowest BCUT2D eigenvalue weighted by Gasteiger charge is -2.03. The highest BCUT2D eigenvalue weighted by Gasteiger charge is 2.11. The molecule has 2 rings (SSSR count). The maximum absolute atomic E-state index is 11.9. The number of hydrogen-bond acceptors (Lipinski definition) is 2. The average molecular weight is 311 g/mol. The Hall–Kier alpha value is -2.37. The minimum absolute atomic E-state index is 0.0560. The first kappa shape index (κ1) is 16.0. The quantitative estimate of drug-likeness (QED) is 0.603. The summed E-state index contributed by atoms with van der Waals surface area (Å²) >= 11 is 5.79. The van der Waals surface area contributed by atoms with Crippen LogP contribution in [0.1, 0.15) is 23.1 Å². The standard InChI is InChI=1S/C19H15ClO2/c1-2-14-3-5-15(6-4-14)11-18(21)13-19(22)12-16-7-9-17(20)10-8-16/h1,3-10H,11-13H2. The second kappa shape index (κ2) is 7.59. The Morgan fingerprint density at radius 2 is 1.32 bits per heavy atom. The summed E-state index contributed by atoms with van der Waals surface area (Å²) in [5.74, 6) is 2.34. The fourth-order valence-electron chi connectivity index (χ4n) is 2.12. The van der Waals surface area contributed by atoms with E-state index >= 15 is 0 Å². The summed E-state index contributed by atoms with van der Waals surface area (Å²) in [7, 11) is 0. The fourth-order valence-corrected chi connectivity index (χ4v) is 2.25. The highest BCUT2D eigenvalue weighted by atomic mass is 35.5. The van der Waals surface area contributed by atoms with Gasteiger partial charge in [-0.05, 0) is 35.4 Å². The second-order valence-corrected chi connectivity index (χ2v) is 5.51. The molecule has 0 aliphatic rings. The van der Waals surface area contributed by atoms with E-state index in [0.29, 0.717) is 5.02 Å². The summed E-state index contributed by atoms with van der Waals surface area (Å²) in [6.07, 6.45) is 5.72. The van der Waals surface area contributed by atoms with Crippen LogP contribution < -0.4 is 0 Å². The average Bonchev–Trinajstić information content (AvgIpc) is 2.50. The molecular formula is C19H15ClO2. The molecule has 3 heteroatoms. The Morgan fingerprint density at radius 1 is 0.864 bits per heavy atom. The van der Waals surface area contributed by atoms with Crippen molar-refractivity contribution in [1.29, 1.82) is 0 Å². The molecule has 0 bridgehead atoms. The number of carbonyl (C=O) groups is 2. The maximum Gasteiger partial charge on any atom is 0.144 e. The molecule has 0 saturated carbocycles. The SMILES string of the molecule is C#Cc1ccc(CC(=O)CC(=O)Cc2ccc(Cl)cc2)cc1. The third-order valence-electron chi connectivity index (χ3n) is 3.23. The van der Waals surface area contributed by atoms with Crippen molar-refractivity contribution >= 4 is 23.2 Å². The lowest BCUT2D eigenvalue weighted by molar-refractivity contribution is -0.126. The van der Waals surface area contributed by atoms with Crippen molar-refractivity contribution in [2.75, 3.05) is 0 Å². The normalized spacial score (nSPS) is 10.0. The first-order valence-corrected chi connectivity index (χ1v) is 7.28. The molecule has 0 fully saturated rings. The topological polar surface area (TPSA) is 34.1 Å². The van der Waals surface area contributed by atoms with Gasteiger partial charge in [0.25, 0.3) is 0 Å². The zero-order chi connectivity index (χ0) is 15.9. The third kappa shape index (κ3) is 4.87. The van der Waals surface area contributed by atoms with Gasteiger partial charge in [0, 0.05) is 23.4 Å². The number of Topliss-reactive ketones (excluding diaryl/α,β-unsaturated/α-hetero) is 2. The second-order valence-electron chi connectivity index (χ2n) is 5.08. The van der Waals surface area contributed by atoms with E-state index < -0.39 is 0 Å². The minimum atomic E-state index is -0.0904. The third-order valence-corrected chi connectivity index (χ3v) is 3.48. The van der Waals surface area contributed by atoms with Crippen molar-refractivity contribution in [1.82, 2.24) is 0 Å². The summed E-state index contributed by atoms with van der Waals surface area (Å²) in [5, 5.41) is 0.627. The van der Waals surface area contributed by atoms with Crippen LogP contribution >= 0.6 is 11.6 Å². The van der Waals surface area contributed by atoms with Crippen LogP contribution in [0.4, 0.5) is 0 Å². The molecule has 0 atom stereocenters. The molecule has 0 unspecified atom stereocenters. The van der Waals surface area contributed by atoms with Gasteiger partial charge in [-0.15, -0.1) is 6.42 Å². The van der Waals surface area contributed by atoms with E-state index in [1.165, 1.54) is 0 Å². The number of terminal acetylenes is 1. The van der Waals surface area contributed by atoms with Crippen LogP contribution in [0.5, 0.6) is 0 Å². The van der Waals surface area contributed by atoms with E-state index in [1.54, 1.807) is 36.4 Å². The molecule has 0 aliphatic carbocycles. The predicted octanol–water partition coefficient (Wildman–Crippen LogP) is 3.63. The first-order valence-electron chi connectivity index (χ1n) is 6.90.